The van der Waals surface area contributed by atoms with Crippen LogP contribution >= 0.6 is 0 Å². The first-order valence-electron chi connectivity index (χ1n) is 10.2. The van der Waals surface area contributed by atoms with E-state index in [1.165, 1.54) is 12.0 Å². The SMILES string of the molecule is Cc1ccc(OCCNC(=O)Nc2cccc(COCC3CCCCO3)c2)cc1. The van der Waals surface area contributed by atoms with Crippen LogP contribution in [0, 0.1) is 6.92 Å². The van der Waals surface area contributed by atoms with Gasteiger partial charge in [0.2, 0.25) is 0 Å². The molecule has 6 nitrogen and oxygen atoms in total. The number of benzene rings is 2. The van der Waals surface area contributed by atoms with E-state index in [1.807, 2.05) is 55.5 Å². The van der Waals surface area contributed by atoms with Crippen molar-refractivity contribution in [1.82, 2.24) is 5.32 Å². The first kappa shape index (κ1) is 21.1. The number of carbonyl (C=O) groups excluding carboxylic acids is 1. The lowest BCUT2D eigenvalue weighted by Crippen LogP contribution is -2.32. The maximum absolute atomic E-state index is 12.1. The molecule has 0 aromatic heterocycles. The van der Waals surface area contributed by atoms with Gasteiger partial charge in [0.25, 0.3) is 0 Å². The maximum atomic E-state index is 12.1. The summed E-state index contributed by atoms with van der Waals surface area (Å²) >= 11 is 0. The fourth-order valence-electron chi connectivity index (χ4n) is 3.13. The van der Waals surface area contributed by atoms with E-state index in [0.29, 0.717) is 26.4 Å². The first-order chi connectivity index (χ1) is 14.2. The van der Waals surface area contributed by atoms with Crippen molar-refractivity contribution in [1.29, 1.82) is 0 Å². The standard InChI is InChI=1S/C23H30N2O4/c1-18-8-10-21(11-9-18)29-14-12-24-23(26)25-20-6-4-5-19(15-20)16-27-17-22-7-2-3-13-28-22/h4-6,8-11,15,22H,2-3,7,12-14,16-17H2,1H3,(H2,24,25,26). The van der Waals surface area contributed by atoms with Gasteiger partial charge in [0.15, 0.2) is 0 Å². The minimum atomic E-state index is -0.258. The Balaban J connectivity index is 1.34. The molecule has 2 N–H and O–H groups in total. The molecular formula is C23H30N2O4. The second-order valence-corrected chi connectivity index (χ2v) is 7.25. The molecule has 0 saturated carbocycles. The molecule has 1 unspecified atom stereocenters. The minimum absolute atomic E-state index is 0.206. The number of nitrogens with one attached hydrogen (secondary N) is 2. The highest BCUT2D eigenvalue weighted by atomic mass is 16.5. The molecule has 0 aliphatic carbocycles. The van der Waals surface area contributed by atoms with E-state index in [-0.39, 0.29) is 12.1 Å². The molecular weight excluding hydrogens is 368 g/mol. The van der Waals surface area contributed by atoms with Gasteiger partial charge < -0.3 is 24.8 Å². The molecule has 0 radical (unpaired) electrons. The zero-order chi connectivity index (χ0) is 20.3. The third-order valence-corrected chi connectivity index (χ3v) is 4.71. The second-order valence-electron chi connectivity index (χ2n) is 7.25. The van der Waals surface area contributed by atoms with Crippen LogP contribution in [0.2, 0.25) is 0 Å². The number of carbonyl (C=O) groups is 1. The number of hydrogen-bond donors (Lipinski definition) is 2. The van der Waals surface area contributed by atoms with Gasteiger partial charge in [0, 0.05) is 12.3 Å². The Kier molecular flexibility index (Phi) is 8.34. The molecule has 2 aromatic rings. The number of aryl methyl sites for hydroxylation is 1. The lowest BCUT2D eigenvalue weighted by Gasteiger charge is -2.22. The molecule has 2 aromatic carbocycles. The molecule has 6 heteroatoms. The van der Waals surface area contributed by atoms with Gasteiger partial charge in [-0.15, -0.1) is 0 Å². The van der Waals surface area contributed by atoms with Crippen LogP contribution in [0.4, 0.5) is 10.5 Å². The zero-order valence-electron chi connectivity index (χ0n) is 17.0. The number of hydrogen-bond acceptors (Lipinski definition) is 4. The zero-order valence-corrected chi connectivity index (χ0v) is 17.0. The molecule has 3 rings (SSSR count). The molecule has 1 saturated heterocycles. The summed E-state index contributed by atoms with van der Waals surface area (Å²) in [6, 6.07) is 15.2. The van der Waals surface area contributed by atoms with Crippen molar-refractivity contribution in [2.75, 3.05) is 31.7 Å². The van der Waals surface area contributed by atoms with E-state index < -0.39 is 0 Å². The van der Waals surface area contributed by atoms with Gasteiger partial charge in [-0.2, -0.15) is 0 Å². The molecule has 2 amide bonds. The van der Waals surface area contributed by atoms with E-state index in [4.69, 9.17) is 14.2 Å². The van der Waals surface area contributed by atoms with E-state index in [9.17, 15) is 4.79 Å². The summed E-state index contributed by atoms with van der Waals surface area (Å²) < 4.78 is 17.1. The van der Waals surface area contributed by atoms with Gasteiger partial charge in [-0.25, -0.2) is 4.79 Å². The van der Waals surface area contributed by atoms with E-state index in [0.717, 1.165) is 36.4 Å². The minimum Gasteiger partial charge on any atom is -0.492 e. The van der Waals surface area contributed by atoms with Gasteiger partial charge in [0.05, 0.1) is 25.9 Å². The van der Waals surface area contributed by atoms with Crippen molar-refractivity contribution in [3.05, 3.63) is 59.7 Å². The molecule has 1 aliphatic heterocycles. The first-order valence-corrected chi connectivity index (χ1v) is 10.2. The Morgan fingerprint density at radius 2 is 2.03 bits per heavy atom. The van der Waals surface area contributed by atoms with Crippen LogP contribution in [0.15, 0.2) is 48.5 Å². The Morgan fingerprint density at radius 1 is 1.17 bits per heavy atom. The number of urea groups is 1. The highest BCUT2D eigenvalue weighted by Crippen LogP contribution is 2.15. The van der Waals surface area contributed by atoms with Crippen LogP contribution in [-0.2, 0) is 16.1 Å². The van der Waals surface area contributed by atoms with Crippen LogP contribution in [0.3, 0.4) is 0 Å². The van der Waals surface area contributed by atoms with Crippen molar-refractivity contribution in [2.24, 2.45) is 0 Å². The third-order valence-electron chi connectivity index (χ3n) is 4.71. The second kappa shape index (κ2) is 11.4. The number of rotatable bonds is 9. The average Bonchev–Trinajstić information content (AvgIpc) is 2.74. The van der Waals surface area contributed by atoms with Crippen LogP contribution < -0.4 is 15.4 Å². The summed E-state index contributed by atoms with van der Waals surface area (Å²) in [6.45, 7) is 4.80. The number of ether oxygens (including phenoxy) is 3. The largest absolute Gasteiger partial charge is 0.492 e. The van der Waals surface area contributed by atoms with Crippen molar-refractivity contribution in [3.63, 3.8) is 0 Å². The summed E-state index contributed by atoms with van der Waals surface area (Å²) in [6.07, 6.45) is 3.62. The fraction of sp³-hybridized carbons (Fsp3) is 0.435. The van der Waals surface area contributed by atoms with Crippen molar-refractivity contribution in [3.8, 4) is 5.75 Å². The smallest absolute Gasteiger partial charge is 0.319 e. The van der Waals surface area contributed by atoms with Crippen molar-refractivity contribution >= 4 is 11.7 Å². The quantitative estimate of drug-likeness (QED) is 0.619. The van der Waals surface area contributed by atoms with Crippen LogP contribution in [0.25, 0.3) is 0 Å². The molecule has 156 valence electrons. The normalized spacial score (nSPS) is 16.2. The van der Waals surface area contributed by atoms with Crippen LogP contribution in [-0.4, -0.2) is 38.5 Å². The van der Waals surface area contributed by atoms with E-state index in [1.54, 1.807) is 0 Å². The molecule has 1 fully saturated rings. The number of amides is 2. The Hall–Kier alpha value is -2.57. The van der Waals surface area contributed by atoms with Gasteiger partial charge in [-0.1, -0.05) is 29.8 Å². The Morgan fingerprint density at radius 3 is 2.83 bits per heavy atom. The summed E-state index contributed by atoms with van der Waals surface area (Å²) in [7, 11) is 0. The molecule has 1 aliphatic rings. The van der Waals surface area contributed by atoms with E-state index >= 15 is 0 Å². The Labute approximate surface area is 172 Å². The van der Waals surface area contributed by atoms with E-state index in [2.05, 4.69) is 10.6 Å². The molecule has 29 heavy (non-hydrogen) atoms. The number of anilines is 1. The lowest BCUT2D eigenvalue weighted by atomic mass is 10.1. The topological polar surface area (TPSA) is 68.8 Å². The summed E-state index contributed by atoms with van der Waals surface area (Å²) in [4.78, 5) is 12.1. The predicted octanol–water partition coefficient (Wildman–Crippen LogP) is 4.28. The van der Waals surface area contributed by atoms with Crippen LogP contribution in [0.1, 0.15) is 30.4 Å². The molecule has 1 heterocycles. The summed E-state index contributed by atoms with van der Waals surface area (Å²) in [5.41, 5.74) is 2.93. The fourth-order valence-corrected chi connectivity index (χ4v) is 3.13. The van der Waals surface area contributed by atoms with Crippen LogP contribution in [0.5, 0.6) is 5.75 Å². The highest BCUT2D eigenvalue weighted by Gasteiger charge is 2.13. The highest BCUT2D eigenvalue weighted by molar-refractivity contribution is 5.89. The third kappa shape index (κ3) is 7.75. The summed E-state index contributed by atoms with van der Waals surface area (Å²) in [5, 5.41) is 5.64. The van der Waals surface area contributed by atoms with Gasteiger partial charge in [-0.05, 0) is 56.0 Å². The maximum Gasteiger partial charge on any atom is 0.319 e. The van der Waals surface area contributed by atoms with Gasteiger partial charge in [-0.3, -0.25) is 0 Å². The Bertz CT molecular complexity index is 758. The lowest BCUT2D eigenvalue weighted by molar-refractivity contribution is -0.0447. The van der Waals surface area contributed by atoms with Crippen molar-refractivity contribution in [2.45, 2.75) is 38.9 Å². The summed E-state index contributed by atoms with van der Waals surface area (Å²) in [5.74, 6) is 0.795. The molecule has 0 bridgehead atoms. The average molecular weight is 399 g/mol. The monoisotopic (exact) mass is 398 g/mol. The van der Waals surface area contributed by atoms with Gasteiger partial charge in [0.1, 0.15) is 12.4 Å². The molecule has 0 spiro atoms. The van der Waals surface area contributed by atoms with Gasteiger partial charge >= 0.3 is 6.03 Å². The van der Waals surface area contributed by atoms with Crippen molar-refractivity contribution < 1.29 is 19.0 Å². The molecule has 1 atom stereocenters. The predicted molar refractivity (Wildman–Crippen MR) is 113 cm³/mol.